The summed E-state index contributed by atoms with van der Waals surface area (Å²) in [5.41, 5.74) is 1.42. The van der Waals surface area contributed by atoms with Crippen molar-refractivity contribution in [1.82, 2.24) is 4.90 Å². The van der Waals surface area contributed by atoms with Gasteiger partial charge in [-0.1, -0.05) is 18.2 Å². The maximum atomic E-state index is 13.2. The normalized spacial score (nSPS) is 13.6. The van der Waals surface area contributed by atoms with Gasteiger partial charge in [0.25, 0.3) is 5.91 Å². The Morgan fingerprint density at radius 2 is 1.81 bits per heavy atom. The first kappa shape index (κ1) is 17.5. The van der Waals surface area contributed by atoms with Gasteiger partial charge in [-0.15, -0.1) is 0 Å². The number of para-hydroxylation sites is 1. The number of furan rings is 1. The number of hydrogen-bond acceptors (Lipinski definition) is 4. The highest BCUT2D eigenvalue weighted by atomic mass is 16.5. The number of carbonyl (C=O) groups excluding carboxylic acids is 1. The summed E-state index contributed by atoms with van der Waals surface area (Å²) in [6.07, 6.45) is 0.835. The van der Waals surface area contributed by atoms with Crippen molar-refractivity contribution < 1.29 is 18.7 Å². The molecule has 1 aromatic heterocycles. The number of amides is 1. The fourth-order valence-electron chi connectivity index (χ4n) is 3.23. The minimum atomic E-state index is -0.0545. The second-order valence-electron chi connectivity index (χ2n) is 6.99. The summed E-state index contributed by atoms with van der Waals surface area (Å²) in [6, 6.07) is 15.3. The molecule has 3 aromatic rings. The zero-order valence-electron chi connectivity index (χ0n) is 15.6. The van der Waals surface area contributed by atoms with E-state index in [1.165, 1.54) is 0 Å². The molecule has 0 saturated carbocycles. The first-order chi connectivity index (χ1) is 13.1. The topological polar surface area (TPSA) is 51.9 Å². The van der Waals surface area contributed by atoms with E-state index in [9.17, 15) is 4.79 Å². The van der Waals surface area contributed by atoms with Crippen molar-refractivity contribution in [2.45, 2.75) is 32.9 Å². The lowest BCUT2D eigenvalue weighted by molar-refractivity contribution is 0.0676. The first-order valence-corrected chi connectivity index (χ1v) is 9.30. The highest BCUT2D eigenvalue weighted by Crippen LogP contribution is 2.31. The molecule has 4 rings (SSSR count). The average molecular weight is 365 g/mol. The van der Waals surface area contributed by atoms with Gasteiger partial charge >= 0.3 is 0 Å². The predicted octanol–water partition coefficient (Wildman–Crippen LogP) is 4.64. The van der Waals surface area contributed by atoms with Gasteiger partial charge in [-0.05, 0) is 44.2 Å². The van der Waals surface area contributed by atoms with Crippen LogP contribution in [0.3, 0.4) is 0 Å². The molecule has 27 heavy (non-hydrogen) atoms. The molecule has 0 saturated heterocycles. The Hall–Kier alpha value is -2.95. The third-order valence-electron chi connectivity index (χ3n) is 4.68. The van der Waals surface area contributed by atoms with Crippen molar-refractivity contribution in [1.29, 1.82) is 0 Å². The van der Waals surface area contributed by atoms with Crippen LogP contribution in [0.4, 0.5) is 0 Å². The van der Waals surface area contributed by atoms with E-state index >= 15 is 0 Å². The summed E-state index contributed by atoms with van der Waals surface area (Å²) < 4.78 is 17.3. The van der Waals surface area contributed by atoms with Gasteiger partial charge in [0.05, 0.1) is 19.8 Å². The quantitative estimate of drug-likeness (QED) is 0.676. The molecule has 0 spiro atoms. The third-order valence-corrected chi connectivity index (χ3v) is 4.68. The molecule has 2 aromatic carbocycles. The Morgan fingerprint density at radius 1 is 1.04 bits per heavy atom. The lowest BCUT2D eigenvalue weighted by Crippen LogP contribution is -2.36. The average Bonchev–Trinajstić information content (AvgIpc) is 2.93. The van der Waals surface area contributed by atoms with E-state index in [2.05, 4.69) is 0 Å². The molecule has 1 aliphatic rings. The fraction of sp³-hybridized carbons (Fsp3) is 0.318. The van der Waals surface area contributed by atoms with Crippen LogP contribution in [0.25, 0.3) is 11.0 Å². The summed E-state index contributed by atoms with van der Waals surface area (Å²) in [5, 5.41) is 1.04. The van der Waals surface area contributed by atoms with Crippen molar-refractivity contribution in [2.24, 2.45) is 0 Å². The minimum absolute atomic E-state index is 0.0293. The van der Waals surface area contributed by atoms with Gasteiger partial charge < -0.3 is 18.8 Å². The Balaban J connectivity index is 1.59. The standard InChI is InChI=1S/C22H23NO4/c1-15(2)23(14-18-12-16-6-3-4-7-19(16)27-18)22(24)17-8-9-20-21(13-17)26-11-5-10-25-20/h3-4,6-9,12-13,15H,5,10-11,14H2,1-2H3. The maximum absolute atomic E-state index is 13.2. The number of nitrogens with zero attached hydrogens (tertiary/aromatic N) is 1. The number of ether oxygens (including phenoxy) is 2. The summed E-state index contributed by atoms with van der Waals surface area (Å²) in [6.45, 7) is 5.65. The van der Waals surface area contributed by atoms with Crippen LogP contribution in [0.2, 0.25) is 0 Å². The molecule has 0 bridgehead atoms. The molecule has 1 amide bonds. The highest BCUT2D eigenvalue weighted by molar-refractivity contribution is 5.95. The summed E-state index contributed by atoms with van der Waals surface area (Å²) in [4.78, 5) is 15.0. The smallest absolute Gasteiger partial charge is 0.254 e. The largest absolute Gasteiger partial charge is 0.490 e. The minimum Gasteiger partial charge on any atom is -0.490 e. The van der Waals surface area contributed by atoms with Crippen LogP contribution in [0.15, 0.2) is 52.9 Å². The Morgan fingerprint density at radius 3 is 2.59 bits per heavy atom. The zero-order valence-corrected chi connectivity index (χ0v) is 15.6. The molecule has 0 radical (unpaired) electrons. The van der Waals surface area contributed by atoms with E-state index in [0.29, 0.717) is 36.8 Å². The summed E-state index contributed by atoms with van der Waals surface area (Å²) in [5.74, 6) is 2.04. The van der Waals surface area contributed by atoms with Gasteiger partial charge in [0.2, 0.25) is 0 Å². The molecule has 0 aliphatic carbocycles. The number of carbonyl (C=O) groups is 1. The molecule has 0 N–H and O–H groups in total. The summed E-state index contributed by atoms with van der Waals surface area (Å²) >= 11 is 0. The first-order valence-electron chi connectivity index (χ1n) is 9.30. The van der Waals surface area contributed by atoms with E-state index in [4.69, 9.17) is 13.9 Å². The van der Waals surface area contributed by atoms with E-state index < -0.39 is 0 Å². The van der Waals surface area contributed by atoms with Crippen LogP contribution in [0.5, 0.6) is 11.5 Å². The van der Waals surface area contributed by atoms with Crippen LogP contribution >= 0.6 is 0 Å². The maximum Gasteiger partial charge on any atom is 0.254 e. The number of benzene rings is 2. The summed E-state index contributed by atoms with van der Waals surface area (Å²) in [7, 11) is 0. The van der Waals surface area contributed by atoms with E-state index in [1.54, 1.807) is 17.0 Å². The number of fused-ring (bicyclic) bond motifs is 2. The van der Waals surface area contributed by atoms with Crippen LogP contribution in [0, 0.1) is 0 Å². The Kier molecular flexibility index (Phi) is 4.75. The van der Waals surface area contributed by atoms with Crippen molar-refractivity contribution in [3.05, 3.63) is 59.9 Å². The molecule has 140 valence electrons. The van der Waals surface area contributed by atoms with Gasteiger partial charge in [0.1, 0.15) is 11.3 Å². The predicted molar refractivity (Wildman–Crippen MR) is 103 cm³/mol. The van der Waals surface area contributed by atoms with Gasteiger partial charge in [-0.3, -0.25) is 4.79 Å². The Bertz CT molecular complexity index is 927. The second-order valence-corrected chi connectivity index (χ2v) is 6.99. The van der Waals surface area contributed by atoms with Gasteiger partial charge in [0, 0.05) is 23.4 Å². The lowest BCUT2D eigenvalue weighted by atomic mass is 10.1. The zero-order chi connectivity index (χ0) is 18.8. The number of hydrogen-bond donors (Lipinski definition) is 0. The monoisotopic (exact) mass is 365 g/mol. The third kappa shape index (κ3) is 3.63. The van der Waals surface area contributed by atoms with Crippen LogP contribution < -0.4 is 9.47 Å². The Labute approximate surface area is 158 Å². The van der Waals surface area contributed by atoms with Crippen molar-refractivity contribution >= 4 is 16.9 Å². The van der Waals surface area contributed by atoms with Crippen molar-refractivity contribution in [3.63, 3.8) is 0 Å². The van der Waals surface area contributed by atoms with Crippen molar-refractivity contribution in [2.75, 3.05) is 13.2 Å². The number of rotatable bonds is 4. The second kappa shape index (κ2) is 7.35. The highest BCUT2D eigenvalue weighted by Gasteiger charge is 2.22. The molecule has 5 nitrogen and oxygen atoms in total. The van der Waals surface area contributed by atoms with Gasteiger partial charge in [-0.25, -0.2) is 0 Å². The lowest BCUT2D eigenvalue weighted by Gasteiger charge is -2.26. The van der Waals surface area contributed by atoms with Crippen LogP contribution in [0.1, 0.15) is 36.4 Å². The fourth-order valence-corrected chi connectivity index (χ4v) is 3.23. The van der Waals surface area contributed by atoms with Gasteiger partial charge in [0.15, 0.2) is 11.5 Å². The van der Waals surface area contributed by atoms with Crippen molar-refractivity contribution in [3.8, 4) is 11.5 Å². The van der Waals surface area contributed by atoms with E-state index in [0.717, 1.165) is 23.2 Å². The molecular weight excluding hydrogens is 342 g/mol. The van der Waals surface area contributed by atoms with Crippen LogP contribution in [-0.2, 0) is 6.54 Å². The molecule has 0 atom stereocenters. The van der Waals surface area contributed by atoms with Crippen LogP contribution in [-0.4, -0.2) is 30.1 Å². The SMILES string of the molecule is CC(C)N(Cc1cc2ccccc2o1)C(=O)c1ccc2c(c1)OCCCO2. The van der Waals surface area contributed by atoms with E-state index in [1.807, 2.05) is 50.2 Å². The van der Waals surface area contributed by atoms with E-state index in [-0.39, 0.29) is 11.9 Å². The molecule has 1 aliphatic heterocycles. The molecule has 0 fully saturated rings. The molecule has 0 unspecified atom stereocenters. The molecular formula is C22H23NO4. The van der Waals surface area contributed by atoms with Gasteiger partial charge in [-0.2, -0.15) is 0 Å². The molecule has 5 heteroatoms. The molecule has 2 heterocycles.